The molecule has 0 bridgehead atoms. The van der Waals surface area contributed by atoms with Gasteiger partial charge in [0.2, 0.25) is 5.91 Å². The first-order chi connectivity index (χ1) is 11.5. The van der Waals surface area contributed by atoms with Crippen LogP contribution in [0, 0.1) is 5.82 Å². The number of ether oxygens (including phenoxy) is 1. The second-order valence-electron chi connectivity index (χ2n) is 5.79. The van der Waals surface area contributed by atoms with Crippen molar-refractivity contribution in [1.82, 2.24) is 4.90 Å². The number of anilines is 1. The smallest absolute Gasteiger partial charge is 0.227 e. The average Bonchev–Trinajstić information content (AvgIpc) is 2.59. The van der Waals surface area contributed by atoms with Crippen LogP contribution >= 0.6 is 11.6 Å². The van der Waals surface area contributed by atoms with E-state index < -0.39 is 5.82 Å². The van der Waals surface area contributed by atoms with Gasteiger partial charge in [0.05, 0.1) is 24.6 Å². The molecule has 4 nitrogen and oxygen atoms in total. The summed E-state index contributed by atoms with van der Waals surface area (Å²) >= 11 is 5.83. The molecule has 3 rings (SSSR count). The number of amides is 1. The Hall–Kier alpha value is -2.11. The summed E-state index contributed by atoms with van der Waals surface area (Å²) in [6.07, 6.45) is 0.0178. The molecule has 126 valence electrons. The van der Waals surface area contributed by atoms with E-state index >= 15 is 0 Å². The molecule has 1 unspecified atom stereocenters. The molecular weight excluding hydrogens is 331 g/mol. The van der Waals surface area contributed by atoms with Crippen LogP contribution in [0.4, 0.5) is 10.1 Å². The molecule has 2 aromatic rings. The van der Waals surface area contributed by atoms with Crippen molar-refractivity contribution >= 4 is 23.2 Å². The van der Waals surface area contributed by atoms with Gasteiger partial charge in [0.15, 0.2) is 0 Å². The summed E-state index contributed by atoms with van der Waals surface area (Å²) in [5, 5.41) is 0.0569. The van der Waals surface area contributed by atoms with Gasteiger partial charge in [0.25, 0.3) is 0 Å². The minimum absolute atomic E-state index is 0.0290. The topological polar surface area (TPSA) is 55.6 Å². The zero-order valence-electron chi connectivity index (χ0n) is 13.0. The maximum atomic E-state index is 13.3. The van der Waals surface area contributed by atoms with Crippen molar-refractivity contribution in [1.29, 1.82) is 0 Å². The highest BCUT2D eigenvalue weighted by atomic mass is 35.5. The Morgan fingerprint density at radius 3 is 2.75 bits per heavy atom. The zero-order chi connectivity index (χ0) is 17.1. The normalized spacial score (nSPS) is 17.8. The van der Waals surface area contributed by atoms with Gasteiger partial charge in [-0.15, -0.1) is 0 Å². The van der Waals surface area contributed by atoms with Crippen LogP contribution in [0.1, 0.15) is 17.2 Å². The van der Waals surface area contributed by atoms with Crippen molar-refractivity contribution in [2.75, 3.05) is 25.4 Å². The van der Waals surface area contributed by atoms with Crippen LogP contribution in [0.15, 0.2) is 42.5 Å². The van der Waals surface area contributed by atoms with Crippen molar-refractivity contribution in [3.8, 4) is 0 Å². The van der Waals surface area contributed by atoms with Crippen molar-refractivity contribution < 1.29 is 13.9 Å². The first kappa shape index (κ1) is 16.7. The van der Waals surface area contributed by atoms with Gasteiger partial charge < -0.3 is 15.4 Å². The quantitative estimate of drug-likeness (QED) is 0.867. The van der Waals surface area contributed by atoms with Gasteiger partial charge in [0, 0.05) is 12.2 Å². The summed E-state index contributed by atoms with van der Waals surface area (Å²) in [5.41, 5.74) is 8.02. The van der Waals surface area contributed by atoms with Gasteiger partial charge in [-0.3, -0.25) is 4.79 Å². The van der Waals surface area contributed by atoms with Gasteiger partial charge in [-0.25, -0.2) is 4.39 Å². The fraction of sp³-hybridized carbons (Fsp3) is 0.278. The molecular formula is C18H18ClFN2O2. The number of nitrogen functional groups attached to an aromatic ring is 1. The highest BCUT2D eigenvalue weighted by Gasteiger charge is 2.25. The fourth-order valence-corrected chi connectivity index (χ4v) is 2.90. The maximum absolute atomic E-state index is 13.3. The number of carbonyl (C=O) groups is 1. The molecule has 0 aromatic heterocycles. The molecule has 2 N–H and O–H groups in total. The molecule has 1 fully saturated rings. The van der Waals surface area contributed by atoms with Crippen LogP contribution in [-0.4, -0.2) is 30.5 Å². The van der Waals surface area contributed by atoms with Gasteiger partial charge >= 0.3 is 0 Å². The molecule has 6 heteroatoms. The van der Waals surface area contributed by atoms with Crippen LogP contribution in [0.25, 0.3) is 0 Å². The Bertz CT molecular complexity index is 736. The van der Waals surface area contributed by atoms with Gasteiger partial charge in [-0.2, -0.15) is 0 Å². The second-order valence-corrected chi connectivity index (χ2v) is 6.20. The lowest BCUT2D eigenvalue weighted by molar-refractivity contribution is -0.138. The first-order valence-electron chi connectivity index (χ1n) is 7.71. The minimum atomic E-state index is -0.465. The molecule has 1 atom stereocenters. The lowest BCUT2D eigenvalue weighted by atomic mass is 10.1. The number of halogens is 2. The number of hydrogen-bond donors (Lipinski definition) is 1. The number of rotatable bonds is 3. The SMILES string of the molecule is Nc1ccc(CC(=O)N2CCOC(c3ccc(F)c(Cl)c3)C2)cc1. The molecule has 2 aromatic carbocycles. The minimum Gasteiger partial charge on any atom is -0.399 e. The summed E-state index contributed by atoms with van der Waals surface area (Å²) in [7, 11) is 0. The van der Waals surface area contributed by atoms with Crippen molar-refractivity contribution in [2.24, 2.45) is 0 Å². The van der Waals surface area contributed by atoms with Crippen LogP contribution in [-0.2, 0) is 16.0 Å². The molecule has 1 aliphatic rings. The molecule has 0 radical (unpaired) electrons. The van der Waals surface area contributed by atoms with Crippen LogP contribution in [0.2, 0.25) is 5.02 Å². The second kappa shape index (κ2) is 7.20. The fourth-order valence-electron chi connectivity index (χ4n) is 2.71. The van der Waals surface area contributed by atoms with Crippen molar-refractivity contribution in [2.45, 2.75) is 12.5 Å². The van der Waals surface area contributed by atoms with E-state index in [0.29, 0.717) is 31.8 Å². The Labute approximate surface area is 145 Å². The summed E-state index contributed by atoms with van der Waals surface area (Å²) < 4.78 is 19.0. The van der Waals surface area contributed by atoms with Crippen molar-refractivity contribution in [3.05, 3.63) is 64.4 Å². The standard InChI is InChI=1S/C18H18ClFN2O2/c19-15-10-13(3-6-16(15)20)17-11-22(7-8-24-17)18(23)9-12-1-4-14(21)5-2-12/h1-6,10,17H,7-9,11,21H2. The summed E-state index contributed by atoms with van der Waals surface area (Å²) in [5.74, 6) is -0.436. The monoisotopic (exact) mass is 348 g/mol. The summed E-state index contributed by atoms with van der Waals surface area (Å²) in [4.78, 5) is 14.3. The highest BCUT2D eigenvalue weighted by molar-refractivity contribution is 6.30. The van der Waals surface area contributed by atoms with Crippen LogP contribution in [0.3, 0.4) is 0 Å². The van der Waals surface area contributed by atoms with E-state index in [2.05, 4.69) is 0 Å². The lowest BCUT2D eigenvalue weighted by Gasteiger charge is -2.33. The number of morpholine rings is 1. The third kappa shape index (κ3) is 3.86. The third-order valence-electron chi connectivity index (χ3n) is 4.07. The maximum Gasteiger partial charge on any atom is 0.227 e. The van der Waals surface area contributed by atoms with Crippen LogP contribution < -0.4 is 5.73 Å². The van der Waals surface area contributed by atoms with E-state index in [4.69, 9.17) is 22.1 Å². The molecule has 1 saturated heterocycles. The molecule has 0 aliphatic carbocycles. The number of carbonyl (C=O) groups excluding carboxylic acids is 1. The average molecular weight is 349 g/mol. The van der Waals surface area contributed by atoms with Crippen molar-refractivity contribution in [3.63, 3.8) is 0 Å². The highest BCUT2D eigenvalue weighted by Crippen LogP contribution is 2.26. The Kier molecular flexibility index (Phi) is 5.02. The number of nitrogens with two attached hydrogens (primary N) is 1. The van der Waals surface area contributed by atoms with E-state index in [0.717, 1.165) is 11.1 Å². The number of benzene rings is 2. The number of nitrogens with zero attached hydrogens (tertiary/aromatic N) is 1. The van der Waals surface area contributed by atoms with Gasteiger partial charge in [-0.1, -0.05) is 29.8 Å². The predicted molar refractivity (Wildman–Crippen MR) is 91.2 cm³/mol. The van der Waals surface area contributed by atoms with E-state index in [1.54, 1.807) is 29.2 Å². The summed E-state index contributed by atoms with van der Waals surface area (Å²) in [6.45, 7) is 1.40. The van der Waals surface area contributed by atoms with E-state index in [-0.39, 0.29) is 17.0 Å². The van der Waals surface area contributed by atoms with E-state index in [9.17, 15) is 9.18 Å². The zero-order valence-corrected chi connectivity index (χ0v) is 13.8. The predicted octanol–water partition coefficient (Wildman–Crippen LogP) is 3.20. The molecule has 1 aliphatic heterocycles. The Morgan fingerprint density at radius 1 is 1.29 bits per heavy atom. The Balaban J connectivity index is 1.67. The Morgan fingerprint density at radius 2 is 2.04 bits per heavy atom. The van der Waals surface area contributed by atoms with Gasteiger partial charge in [-0.05, 0) is 35.4 Å². The van der Waals surface area contributed by atoms with Crippen LogP contribution in [0.5, 0.6) is 0 Å². The molecule has 0 saturated carbocycles. The molecule has 1 amide bonds. The third-order valence-corrected chi connectivity index (χ3v) is 4.36. The van der Waals surface area contributed by atoms with Gasteiger partial charge in [0.1, 0.15) is 11.9 Å². The van der Waals surface area contributed by atoms with E-state index in [1.807, 2.05) is 12.1 Å². The molecule has 1 heterocycles. The first-order valence-corrected chi connectivity index (χ1v) is 8.09. The number of hydrogen-bond acceptors (Lipinski definition) is 3. The van der Waals surface area contributed by atoms with E-state index in [1.165, 1.54) is 6.07 Å². The lowest BCUT2D eigenvalue weighted by Crippen LogP contribution is -2.43. The largest absolute Gasteiger partial charge is 0.399 e. The molecule has 24 heavy (non-hydrogen) atoms. The molecule has 0 spiro atoms. The summed E-state index contributed by atoms with van der Waals surface area (Å²) in [6, 6.07) is 11.8.